The highest BCUT2D eigenvalue weighted by Gasteiger charge is 2.28. The molecule has 1 rings (SSSR count). The SMILES string of the molecule is CN(C1CCC(N)CC1)C(C)(N)N. The zero-order valence-corrected chi connectivity index (χ0v) is 8.66. The summed E-state index contributed by atoms with van der Waals surface area (Å²) < 4.78 is 0. The van der Waals surface area contributed by atoms with Crippen molar-refractivity contribution in [3.05, 3.63) is 0 Å². The maximum Gasteiger partial charge on any atom is 0.117 e. The Morgan fingerprint density at radius 2 is 1.62 bits per heavy atom. The molecule has 0 amide bonds. The molecule has 1 fully saturated rings. The fourth-order valence-corrected chi connectivity index (χ4v) is 1.88. The van der Waals surface area contributed by atoms with Gasteiger partial charge in [0.15, 0.2) is 0 Å². The van der Waals surface area contributed by atoms with Crippen molar-refractivity contribution in [2.75, 3.05) is 7.05 Å². The summed E-state index contributed by atoms with van der Waals surface area (Å²) in [6.07, 6.45) is 4.40. The first-order chi connectivity index (χ1) is 5.91. The van der Waals surface area contributed by atoms with Crippen molar-refractivity contribution in [2.24, 2.45) is 17.2 Å². The van der Waals surface area contributed by atoms with Gasteiger partial charge in [0.05, 0.1) is 0 Å². The third-order valence-electron chi connectivity index (χ3n) is 3.05. The normalized spacial score (nSPS) is 30.9. The lowest BCUT2D eigenvalue weighted by molar-refractivity contribution is 0.0706. The number of nitrogens with two attached hydrogens (primary N) is 3. The first-order valence-corrected chi connectivity index (χ1v) is 4.97. The molecule has 0 unspecified atom stereocenters. The van der Waals surface area contributed by atoms with Gasteiger partial charge in [-0.2, -0.15) is 0 Å². The summed E-state index contributed by atoms with van der Waals surface area (Å²) in [4.78, 5) is 2.05. The molecule has 4 heteroatoms. The second kappa shape index (κ2) is 3.92. The Bertz CT molecular complexity index is 155. The molecule has 4 nitrogen and oxygen atoms in total. The van der Waals surface area contributed by atoms with E-state index in [1.54, 1.807) is 0 Å². The van der Waals surface area contributed by atoms with Crippen LogP contribution in [0, 0.1) is 0 Å². The van der Waals surface area contributed by atoms with Crippen LogP contribution in [0.5, 0.6) is 0 Å². The second-order valence-electron chi connectivity index (χ2n) is 4.41. The minimum atomic E-state index is -0.702. The largest absolute Gasteiger partial charge is 0.328 e. The van der Waals surface area contributed by atoms with E-state index in [0.29, 0.717) is 12.1 Å². The van der Waals surface area contributed by atoms with E-state index in [2.05, 4.69) is 4.90 Å². The Labute approximate surface area is 80.4 Å². The smallest absolute Gasteiger partial charge is 0.117 e. The van der Waals surface area contributed by atoms with Crippen molar-refractivity contribution < 1.29 is 0 Å². The third kappa shape index (κ3) is 2.91. The molecule has 0 aromatic heterocycles. The summed E-state index contributed by atoms with van der Waals surface area (Å²) >= 11 is 0. The molecular formula is C9H22N4. The van der Waals surface area contributed by atoms with Gasteiger partial charge in [0, 0.05) is 12.1 Å². The Hall–Kier alpha value is -0.160. The quantitative estimate of drug-likeness (QED) is 0.521. The molecular weight excluding hydrogens is 164 g/mol. The van der Waals surface area contributed by atoms with E-state index in [0.717, 1.165) is 25.7 Å². The van der Waals surface area contributed by atoms with Crippen molar-refractivity contribution >= 4 is 0 Å². The van der Waals surface area contributed by atoms with Gasteiger partial charge in [0.1, 0.15) is 5.79 Å². The monoisotopic (exact) mass is 186 g/mol. The van der Waals surface area contributed by atoms with Gasteiger partial charge < -0.3 is 17.2 Å². The van der Waals surface area contributed by atoms with Crippen LogP contribution in [-0.2, 0) is 0 Å². The molecule has 0 aromatic rings. The highest BCUT2D eigenvalue weighted by molar-refractivity contribution is 4.84. The molecule has 13 heavy (non-hydrogen) atoms. The maximum atomic E-state index is 5.83. The van der Waals surface area contributed by atoms with Crippen LogP contribution in [0.4, 0.5) is 0 Å². The number of rotatable bonds is 2. The van der Waals surface area contributed by atoms with Crippen molar-refractivity contribution in [1.29, 1.82) is 0 Å². The molecule has 78 valence electrons. The fourth-order valence-electron chi connectivity index (χ4n) is 1.88. The first kappa shape index (κ1) is 10.9. The highest BCUT2D eigenvalue weighted by atomic mass is 15.3. The molecule has 1 aliphatic rings. The molecule has 0 spiro atoms. The van der Waals surface area contributed by atoms with Crippen LogP contribution in [-0.4, -0.2) is 29.8 Å². The third-order valence-corrected chi connectivity index (χ3v) is 3.05. The van der Waals surface area contributed by atoms with Gasteiger partial charge >= 0.3 is 0 Å². The van der Waals surface area contributed by atoms with Crippen LogP contribution in [0.2, 0.25) is 0 Å². The van der Waals surface area contributed by atoms with Crippen molar-refractivity contribution in [2.45, 2.75) is 50.5 Å². The first-order valence-electron chi connectivity index (χ1n) is 4.97. The van der Waals surface area contributed by atoms with Crippen LogP contribution in [0.15, 0.2) is 0 Å². The van der Waals surface area contributed by atoms with E-state index < -0.39 is 5.79 Å². The van der Waals surface area contributed by atoms with Crippen LogP contribution < -0.4 is 17.2 Å². The van der Waals surface area contributed by atoms with Gasteiger partial charge in [-0.05, 0) is 39.7 Å². The van der Waals surface area contributed by atoms with E-state index in [4.69, 9.17) is 17.2 Å². The number of nitrogens with zero attached hydrogens (tertiary/aromatic N) is 1. The highest BCUT2D eigenvalue weighted by Crippen LogP contribution is 2.22. The lowest BCUT2D eigenvalue weighted by Crippen LogP contribution is -2.62. The Kier molecular flexibility index (Phi) is 3.29. The molecule has 0 aromatic carbocycles. The molecule has 1 aliphatic carbocycles. The van der Waals surface area contributed by atoms with Gasteiger partial charge in [-0.25, -0.2) is 0 Å². The molecule has 0 radical (unpaired) electrons. The lowest BCUT2D eigenvalue weighted by Gasteiger charge is -2.40. The van der Waals surface area contributed by atoms with Crippen LogP contribution >= 0.6 is 0 Å². The topological polar surface area (TPSA) is 81.3 Å². The van der Waals surface area contributed by atoms with Crippen LogP contribution in [0.3, 0.4) is 0 Å². The van der Waals surface area contributed by atoms with E-state index in [1.165, 1.54) is 0 Å². The van der Waals surface area contributed by atoms with E-state index in [1.807, 2.05) is 14.0 Å². The summed E-state index contributed by atoms with van der Waals surface area (Å²) in [6.45, 7) is 1.83. The van der Waals surface area contributed by atoms with Crippen molar-refractivity contribution in [3.8, 4) is 0 Å². The van der Waals surface area contributed by atoms with Crippen molar-refractivity contribution in [3.63, 3.8) is 0 Å². The molecule has 0 aliphatic heterocycles. The standard InChI is InChI=1S/C9H22N4/c1-9(11,12)13(2)8-5-3-7(10)4-6-8/h7-8H,3-6,10-12H2,1-2H3. The maximum absolute atomic E-state index is 5.83. The summed E-state index contributed by atoms with van der Waals surface area (Å²) in [6, 6.07) is 0.881. The summed E-state index contributed by atoms with van der Waals surface area (Å²) in [5.74, 6) is -0.702. The minimum absolute atomic E-state index is 0.381. The van der Waals surface area contributed by atoms with E-state index in [9.17, 15) is 0 Å². The van der Waals surface area contributed by atoms with E-state index in [-0.39, 0.29) is 0 Å². The van der Waals surface area contributed by atoms with Gasteiger partial charge in [0.25, 0.3) is 0 Å². The zero-order chi connectivity index (χ0) is 10.1. The van der Waals surface area contributed by atoms with Crippen LogP contribution in [0.1, 0.15) is 32.6 Å². The van der Waals surface area contributed by atoms with Gasteiger partial charge in [-0.15, -0.1) is 0 Å². The molecule has 0 atom stereocenters. The average molecular weight is 186 g/mol. The second-order valence-corrected chi connectivity index (χ2v) is 4.41. The Morgan fingerprint density at radius 1 is 1.15 bits per heavy atom. The lowest BCUT2D eigenvalue weighted by atomic mass is 9.90. The van der Waals surface area contributed by atoms with Gasteiger partial charge in [-0.1, -0.05) is 0 Å². The molecule has 1 saturated carbocycles. The predicted octanol–water partition coefficient (Wildman–Crippen LogP) is -0.221. The summed E-state index contributed by atoms with van der Waals surface area (Å²) in [7, 11) is 1.99. The minimum Gasteiger partial charge on any atom is -0.328 e. The van der Waals surface area contributed by atoms with E-state index >= 15 is 0 Å². The number of hydrogen-bond donors (Lipinski definition) is 3. The Balaban J connectivity index is 2.45. The van der Waals surface area contributed by atoms with Crippen LogP contribution in [0.25, 0.3) is 0 Å². The predicted molar refractivity (Wildman–Crippen MR) is 54.8 cm³/mol. The zero-order valence-electron chi connectivity index (χ0n) is 8.66. The molecule has 0 saturated heterocycles. The molecule has 6 N–H and O–H groups in total. The molecule has 0 heterocycles. The fraction of sp³-hybridized carbons (Fsp3) is 1.00. The van der Waals surface area contributed by atoms with Crippen molar-refractivity contribution in [1.82, 2.24) is 4.90 Å². The Morgan fingerprint density at radius 3 is 2.00 bits per heavy atom. The number of hydrogen-bond acceptors (Lipinski definition) is 4. The molecule has 0 bridgehead atoms. The van der Waals surface area contributed by atoms with Gasteiger partial charge in [-0.3, -0.25) is 4.90 Å². The van der Waals surface area contributed by atoms with Gasteiger partial charge in [0.2, 0.25) is 0 Å². The summed E-state index contributed by atoms with van der Waals surface area (Å²) in [5, 5.41) is 0. The average Bonchev–Trinajstić information content (AvgIpc) is 2.03. The summed E-state index contributed by atoms with van der Waals surface area (Å²) in [5.41, 5.74) is 17.5.